The van der Waals surface area contributed by atoms with Gasteiger partial charge in [-0.25, -0.2) is 9.48 Å². The standard InChI is InChI=1S/C11H15N5O3/c1-6-8(7(2)19-13-6)5-9-12-14-15-16(9)11(3,4)10(17)18/h5H2,1-4H3,(H,17,18). The van der Waals surface area contributed by atoms with Crippen LogP contribution in [-0.4, -0.2) is 36.4 Å². The van der Waals surface area contributed by atoms with E-state index < -0.39 is 11.5 Å². The number of carboxylic acids is 1. The van der Waals surface area contributed by atoms with Crippen LogP contribution in [0.25, 0.3) is 0 Å². The van der Waals surface area contributed by atoms with Crippen molar-refractivity contribution < 1.29 is 14.4 Å². The molecular formula is C11H15N5O3. The summed E-state index contributed by atoms with van der Waals surface area (Å²) in [5, 5.41) is 24.3. The maximum atomic E-state index is 11.3. The largest absolute Gasteiger partial charge is 0.479 e. The topological polar surface area (TPSA) is 107 Å². The molecule has 19 heavy (non-hydrogen) atoms. The molecule has 8 nitrogen and oxygen atoms in total. The van der Waals surface area contributed by atoms with Gasteiger partial charge >= 0.3 is 5.97 Å². The monoisotopic (exact) mass is 265 g/mol. The number of tetrazole rings is 1. The van der Waals surface area contributed by atoms with Crippen molar-refractivity contribution in [1.82, 2.24) is 25.4 Å². The summed E-state index contributed by atoms with van der Waals surface area (Å²) < 4.78 is 6.38. The second-order valence-electron chi connectivity index (χ2n) is 4.85. The van der Waals surface area contributed by atoms with Gasteiger partial charge < -0.3 is 9.63 Å². The third-order valence-electron chi connectivity index (χ3n) is 3.10. The summed E-state index contributed by atoms with van der Waals surface area (Å²) >= 11 is 0. The highest BCUT2D eigenvalue weighted by Crippen LogP contribution is 2.20. The third kappa shape index (κ3) is 2.20. The Morgan fingerprint density at radius 2 is 2.11 bits per heavy atom. The van der Waals surface area contributed by atoms with Gasteiger partial charge in [0.1, 0.15) is 5.76 Å². The van der Waals surface area contributed by atoms with Crippen LogP contribution in [0.3, 0.4) is 0 Å². The van der Waals surface area contributed by atoms with Crippen molar-refractivity contribution >= 4 is 5.97 Å². The number of aliphatic carboxylic acids is 1. The first kappa shape index (κ1) is 13.2. The van der Waals surface area contributed by atoms with E-state index in [-0.39, 0.29) is 0 Å². The van der Waals surface area contributed by atoms with E-state index in [1.807, 2.05) is 6.92 Å². The lowest BCUT2D eigenvalue weighted by Gasteiger charge is -2.20. The molecular weight excluding hydrogens is 250 g/mol. The molecule has 0 saturated carbocycles. The molecule has 1 N–H and O–H groups in total. The molecule has 2 rings (SSSR count). The van der Waals surface area contributed by atoms with Crippen LogP contribution in [0.2, 0.25) is 0 Å². The van der Waals surface area contributed by atoms with Gasteiger partial charge in [-0.15, -0.1) is 5.10 Å². The zero-order chi connectivity index (χ0) is 14.2. The lowest BCUT2D eigenvalue weighted by molar-refractivity contribution is -0.146. The van der Waals surface area contributed by atoms with Crippen molar-refractivity contribution in [3.63, 3.8) is 0 Å². The summed E-state index contributed by atoms with van der Waals surface area (Å²) in [5.74, 6) is 0.141. The number of aryl methyl sites for hydroxylation is 2. The van der Waals surface area contributed by atoms with Crippen LogP contribution in [0.15, 0.2) is 4.52 Å². The van der Waals surface area contributed by atoms with Gasteiger partial charge in [0.05, 0.1) is 5.69 Å². The molecule has 0 fully saturated rings. The molecule has 0 aliphatic carbocycles. The Morgan fingerprint density at radius 1 is 1.42 bits per heavy atom. The van der Waals surface area contributed by atoms with Gasteiger partial charge in [-0.1, -0.05) is 5.16 Å². The Balaban J connectivity index is 2.39. The number of carbonyl (C=O) groups is 1. The molecule has 2 heterocycles. The minimum Gasteiger partial charge on any atom is -0.479 e. The van der Waals surface area contributed by atoms with Gasteiger partial charge in [-0.05, 0) is 38.1 Å². The van der Waals surface area contributed by atoms with Gasteiger partial charge in [0, 0.05) is 12.0 Å². The maximum Gasteiger partial charge on any atom is 0.331 e. The molecule has 0 saturated heterocycles. The zero-order valence-corrected chi connectivity index (χ0v) is 11.2. The Kier molecular flexibility index (Phi) is 3.09. The van der Waals surface area contributed by atoms with Gasteiger partial charge in [0.25, 0.3) is 0 Å². The van der Waals surface area contributed by atoms with Crippen molar-refractivity contribution in [3.05, 3.63) is 22.8 Å². The fraction of sp³-hybridized carbons (Fsp3) is 0.545. The minimum absolute atomic E-state index is 0.380. The first-order chi connectivity index (χ1) is 8.84. The summed E-state index contributed by atoms with van der Waals surface area (Å²) in [6.07, 6.45) is 0.380. The van der Waals surface area contributed by atoms with Gasteiger partial charge in [-0.3, -0.25) is 0 Å². The predicted molar refractivity (Wildman–Crippen MR) is 63.6 cm³/mol. The molecule has 0 unspecified atom stereocenters. The second kappa shape index (κ2) is 4.45. The number of hydrogen-bond donors (Lipinski definition) is 1. The highest BCUT2D eigenvalue weighted by Gasteiger charge is 2.33. The predicted octanol–water partition coefficient (Wildman–Crippen LogP) is 0.688. The fourth-order valence-electron chi connectivity index (χ4n) is 1.75. The van der Waals surface area contributed by atoms with Gasteiger partial charge in [0.15, 0.2) is 11.4 Å². The van der Waals surface area contributed by atoms with E-state index in [0.29, 0.717) is 18.0 Å². The first-order valence-corrected chi connectivity index (χ1v) is 5.77. The Morgan fingerprint density at radius 3 is 2.63 bits per heavy atom. The molecule has 2 aromatic heterocycles. The molecule has 0 bridgehead atoms. The average Bonchev–Trinajstić information content (AvgIpc) is 2.91. The number of rotatable bonds is 4. The van der Waals surface area contributed by atoms with Crippen LogP contribution in [-0.2, 0) is 16.8 Å². The summed E-state index contributed by atoms with van der Waals surface area (Å²) in [4.78, 5) is 11.3. The number of hydrogen-bond acceptors (Lipinski definition) is 6. The van der Waals surface area contributed by atoms with E-state index in [1.165, 1.54) is 4.68 Å². The quantitative estimate of drug-likeness (QED) is 0.866. The summed E-state index contributed by atoms with van der Waals surface area (Å²) in [6.45, 7) is 6.71. The van der Waals surface area contributed by atoms with Crippen LogP contribution in [0.4, 0.5) is 0 Å². The molecule has 0 spiro atoms. The Hall–Kier alpha value is -2.25. The molecule has 2 aromatic rings. The van der Waals surface area contributed by atoms with Crippen molar-refractivity contribution in [3.8, 4) is 0 Å². The van der Waals surface area contributed by atoms with Crippen molar-refractivity contribution in [1.29, 1.82) is 0 Å². The Bertz CT molecular complexity index is 594. The minimum atomic E-state index is -1.21. The van der Waals surface area contributed by atoms with E-state index >= 15 is 0 Å². The summed E-state index contributed by atoms with van der Waals surface area (Å²) in [7, 11) is 0. The maximum absolute atomic E-state index is 11.3. The molecule has 0 atom stereocenters. The van der Waals surface area contributed by atoms with E-state index in [4.69, 9.17) is 4.52 Å². The highest BCUT2D eigenvalue weighted by atomic mass is 16.5. The molecule has 102 valence electrons. The zero-order valence-electron chi connectivity index (χ0n) is 11.2. The molecule has 0 amide bonds. The van der Waals surface area contributed by atoms with Crippen molar-refractivity contribution in [2.75, 3.05) is 0 Å². The third-order valence-corrected chi connectivity index (χ3v) is 3.10. The lowest BCUT2D eigenvalue weighted by atomic mass is 10.1. The van der Waals surface area contributed by atoms with Crippen molar-refractivity contribution in [2.45, 2.75) is 39.7 Å². The number of carboxylic acid groups (broad SMARTS) is 1. The Labute approximate surface area is 109 Å². The SMILES string of the molecule is Cc1noc(C)c1Cc1nnnn1C(C)(C)C(=O)O. The van der Waals surface area contributed by atoms with Crippen LogP contribution in [0, 0.1) is 13.8 Å². The first-order valence-electron chi connectivity index (χ1n) is 5.77. The molecule has 0 aliphatic rings. The summed E-state index contributed by atoms with van der Waals surface area (Å²) in [5.41, 5.74) is 0.412. The average molecular weight is 265 g/mol. The lowest BCUT2D eigenvalue weighted by Crippen LogP contribution is -2.38. The van der Waals surface area contributed by atoms with Gasteiger partial charge in [0.2, 0.25) is 0 Å². The highest BCUT2D eigenvalue weighted by molar-refractivity contribution is 5.75. The van der Waals surface area contributed by atoms with E-state index in [9.17, 15) is 9.90 Å². The molecule has 0 aliphatic heterocycles. The second-order valence-corrected chi connectivity index (χ2v) is 4.85. The molecule has 0 aromatic carbocycles. The smallest absolute Gasteiger partial charge is 0.331 e. The van der Waals surface area contributed by atoms with E-state index in [0.717, 1.165) is 11.3 Å². The van der Waals surface area contributed by atoms with Crippen LogP contribution >= 0.6 is 0 Å². The van der Waals surface area contributed by atoms with Crippen molar-refractivity contribution in [2.24, 2.45) is 0 Å². The van der Waals surface area contributed by atoms with Crippen LogP contribution in [0.5, 0.6) is 0 Å². The number of aromatic nitrogens is 5. The molecule has 0 radical (unpaired) electrons. The van der Waals surface area contributed by atoms with Crippen LogP contribution < -0.4 is 0 Å². The summed E-state index contributed by atoms with van der Waals surface area (Å²) in [6, 6.07) is 0. The normalized spacial score (nSPS) is 11.8. The fourth-order valence-corrected chi connectivity index (χ4v) is 1.75. The van der Waals surface area contributed by atoms with Crippen LogP contribution in [0.1, 0.15) is 36.7 Å². The van der Waals surface area contributed by atoms with Gasteiger partial charge in [-0.2, -0.15) is 0 Å². The van der Waals surface area contributed by atoms with E-state index in [1.54, 1.807) is 20.8 Å². The molecule has 8 heteroatoms. The number of nitrogens with zero attached hydrogens (tertiary/aromatic N) is 5. The van der Waals surface area contributed by atoms with E-state index in [2.05, 4.69) is 20.7 Å².